The van der Waals surface area contributed by atoms with Gasteiger partial charge >= 0.3 is 18.3 Å². The second kappa shape index (κ2) is 12.2. The highest BCUT2D eigenvalue weighted by molar-refractivity contribution is 5.97. The summed E-state index contributed by atoms with van der Waals surface area (Å²) in [7, 11) is 0. The lowest BCUT2D eigenvalue weighted by molar-refractivity contribution is -0.167. The molecule has 1 fully saturated rings. The van der Waals surface area contributed by atoms with E-state index in [0.717, 1.165) is 6.07 Å². The number of hydrogen-bond acceptors (Lipinski definition) is 6. The Bertz CT molecular complexity index is 1780. The molecule has 1 aliphatic rings. The number of hydrogen-bond donors (Lipinski definition) is 2. The van der Waals surface area contributed by atoms with Crippen LogP contribution in [0.5, 0.6) is 0 Å². The number of aryl methyl sites for hydroxylation is 1. The topological polar surface area (TPSA) is 109 Å². The normalized spacial score (nSPS) is 16.5. The van der Waals surface area contributed by atoms with Gasteiger partial charge in [0.25, 0.3) is 5.91 Å². The number of amides is 1. The van der Waals surface area contributed by atoms with Gasteiger partial charge in [-0.25, -0.2) is 18.6 Å². The summed E-state index contributed by atoms with van der Waals surface area (Å²) >= 11 is 0. The van der Waals surface area contributed by atoms with Crippen molar-refractivity contribution >= 4 is 23.2 Å². The predicted molar refractivity (Wildman–Crippen MR) is 145 cm³/mol. The summed E-state index contributed by atoms with van der Waals surface area (Å²) in [6, 6.07) is 1.72. The van der Waals surface area contributed by atoms with Crippen LogP contribution in [0, 0.1) is 18.6 Å². The van der Waals surface area contributed by atoms with E-state index in [1.807, 2.05) is 5.32 Å². The number of halogens is 8. The summed E-state index contributed by atoms with van der Waals surface area (Å²) in [6.45, 7) is 0.247. The summed E-state index contributed by atoms with van der Waals surface area (Å²) in [6.07, 6.45) is -7.44. The molecule has 244 valence electrons. The van der Waals surface area contributed by atoms with Gasteiger partial charge in [-0.2, -0.15) is 26.3 Å². The summed E-state index contributed by atoms with van der Waals surface area (Å²) in [5, 5.41) is 11.8. The molecule has 4 heterocycles. The number of anilines is 1. The van der Waals surface area contributed by atoms with Crippen molar-refractivity contribution in [2.75, 3.05) is 24.7 Å². The number of rotatable bonds is 7. The maximum absolute atomic E-state index is 15.0. The van der Waals surface area contributed by atoms with Gasteiger partial charge in [0.05, 0.1) is 24.5 Å². The molecular formula is C29H23F8N5O4. The van der Waals surface area contributed by atoms with Crippen LogP contribution in [0.15, 0.2) is 48.8 Å². The van der Waals surface area contributed by atoms with Gasteiger partial charge in [-0.15, -0.1) is 0 Å². The number of imidazole rings is 1. The maximum Gasteiger partial charge on any atom is 0.418 e. The van der Waals surface area contributed by atoms with Crippen molar-refractivity contribution in [1.82, 2.24) is 19.7 Å². The first-order valence-electron chi connectivity index (χ1n) is 13.5. The Hall–Kier alpha value is -4.80. The van der Waals surface area contributed by atoms with Crippen molar-refractivity contribution in [1.29, 1.82) is 0 Å². The Morgan fingerprint density at radius 1 is 1.09 bits per heavy atom. The Kier molecular flexibility index (Phi) is 8.63. The van der Waals surface area contributed by atoms with Gasteiger partial charge in [-0.3, -0.25) is 9.78 Å². The van der Waals surface area contributed by atoms with Gasteiger partial charge in [-0.05, 0) is 43.3 Å². The quantitative estimate of drug-likeness (QED) is 0.263. The lowest BCUT2D eigenvalue weighted by atomic mass is 10.0. The molecule has 1 aliphatic heterocycles. The van der Waals surface area contributed by atoms with E-state index in [1.54, 1.807) is 0 Å². The number of pyridine rings is 2. The van der Waals surface area contributed by atoms with Gasteiger partial charge in [0.2, 0.25) is 0 Å². The summed E-state index contributed by atoms with van der Waals surface area (Å²) in [4.78, 5) is 33.9. The second-order valence-electron chi connectivity index (χ2n) is 10.4. The zero-order valence-corrected chi connectivity index (χ0v) is 23.6. The molecule has 0 radical (unpaired) electrons. The molecule has 1 aromatic carbocycles. The van der Waals surface area contributed by atoms with E-state index in [1.165, 1.54) is 41.9 Å². The predicted octanol–water partition coefficient (Wildman–Crippen LogP) is 5.19. The minimum atomic E-state index is -4.78. The number of morpholine rings is 1. The van der Waals surface area contributed by atoms with Crippen LogP contribution in [0.4, 0.5) is 40.8 Å². The summed E-state index contributed by atoms with van der Waals surface area (Å²) in [5.74, 6) is -6.18. The molecule has 2 N–H and O–H groups in total. The second-order valence-corrected chi connectivity index (χ2v) is 10.4. The molecular weight excluding hydrogens is 634 g/mol. The molecule has 3 aromatic heterocycles. The SMILES string of the molecule is Cc1ccc(C(F)(F)F)c(-c2ccc(CC(NC(=O)c3c(F)cc(N4CCOC[C@@H]4C(F)(F)F)cc3F)C(=O)O)n3ccnc23)n1. The van der Waals surface area contributed by atoms with Crippen molar-refractivity contribution in [2.45, 2.75) is 37.8 Å². The lowest BCUT2D eigenvalue weighted by Crippen LogP contribution is -2.53. The molecule has 4 aromatic rings. The number of nitrogens with zero attached hydrogens (tertiary/aromatic N) is 4. The van der Waals surface area contributed by atoms with Crippen LogP contribution in [-0.2, 0) is 22.1 Å². The third-order valence-corrected chi connectivity index (χ3v) is 7.34. The number of benzene rings is 1. The molecule has 46 heavy (non-hydrogen) atoms. The van der Waals surface area contributed by atoms with Crippen LogP contribution in [-0.4, -0.2) is 69.4 Å². The van der Waals surface area contributed by atoms with Gasteiger partial charge in [0.15, 0.2) is 0 Å². The van der Waals surface area contributed by atoms with E-state index in [0.29, 0.717) is 22.7 Å². The van der Waals surface area contributed by atoms with E-state index < -0.39 is 83.5 Å². The van der Waals surface area contributed by atoms with Gasteiger partial charge in [0.1, 0.15) is 34.9 Å². The monoisotopic (exact) mass is 657 g/mol. The van der Waals surface area contributed by atoms with E-state index in [4.69, 9.17) is 4.74 Å². The van der Waals surface area contributed by atoms with E-state index in [-0.39, 0.29) is 30.1 Å². The molecule has 17 heteroatoms. The zero-order valence-electron chi connectivity index (χ0n) is 23.6. The highest BCUT2D eigenvalue weighted by Gasteiger charge is 2.46. The van der Waals surface area contributed by atoms with Crippen molar-refractivity contribution in [3.05, 3.63) is 82.9 Å². The van der Waals surface area contributed by atoms with Crippen molar-refractivity contribution in [2.24, 2.45) is 0 Å². The van der Waals surface area contributed by atoms with Crippen LogP contribution >= 0.6 is 0 Å². The molecule has 0 saturated carbocycles. The maximum atomic E-state index is 15.0. The van der Waals surface area contributed by atoms with Crippen LogP contribution in [0.25, 0.3) is 16.9 Å². The number of aliphatic carboxylic acids is 1. The molecule has 5 rings (SSSR count). The Labute approximate surface area is 254 Å². The zero-order chi connectivity index (χ0) is 33.6. The minimum Gasteiger partial charge on any atom is -0.480 e. The molecule has 0 spiro atoms. The number of fused-ring (bicyclic) bond motifs is 1. The molecule has 1 amide bonds. The van der Waals surface area contributed by atoms with E-state index >= 15 is 8.78 Å². The fourth-order valence-corrected chi connectivity index (χ4v) is 5.18. The van der Waals surface area contributed by atoms with Gasteiger partial charge < -0.3 is 24.5 Å². The molecule has 0 bridgehead atoms. The Balaban J connectivity index is 1.43. The standard InChI is InChI=1S/C29H23F8N5O4/c1-14-2-5-18(28(32,33)34)24(39-14)17-4-3-15(42-7-6-38-25(17)42)12-21(27(44)45)40-26(43)23-19(30)10-16(11-20(23)31)41-8-9-46-13-22(41)29(35,36)37/h2-7,10-11,21-22H,8-9,12-13H2,1H3,(H,40,43)(H,44,45)/t21?,22-/m1/s1. The first-order valence-corrected chi connectivity index (χ1v) is 13.5. The summed E-state index contributed by atoms with van der Waals surface area (Å²) in [5.41, 5.74) is -2.74. The van der Waals surface area contributed by atoms with Crippen LogP contribution < -0.4 is 10.2 Å². The summed E-state index contributed by atoms with van der Waals surface area (Å²) < 4.78 is 118. The average Bonchev–Trinajstić information content (AvgIpc) is 3.46. The average molecular weight is 658 g/mol. The number of carboxylic acid groups (broad SMARTS) is 1. The number of carboxylic acids is 1. The highest BCUT2D eigenvalue weighted by Crippen LogP contribution is 2.38. The number of carbonyl (C=O) groups excluding carboxylic acids is 1. The van der Waals surface area contributed by atoms with Crippen molar-refractivity contribution in [3.63, 3.8) is 0 Å². The molecule has 9 nitrogen and oxygen atoms in total. The smallest absolute Gasteiger partial charge is 0.418 e. The van der Waals surface area contributed by atoms with Crippen molar-refractivity contribution in [3.8, 4) is 11.3 Å². The lowest BCUT2D eigenvalue weighted by Gasteiger charge is -2.38. The fourth-order valence-electron chi connectivity index (χ4n) is 5.18. The molecule has 2 atom stereocenters. The highest BCUT2D eigenvalue weighted by atomic mass is 19.4. The number of alkyl halides is 6. The van der Waals surface area contributed by atoms with Gasteiger partial charge in [-0.1, -0.05) is 0 Å². The minimum absolute atomic E-state index is 0.00971. The largest absolute Gasteiger partial charge is 0.480 e. The molecule has 0 aliphatic carbocycles. The fraction of sp³-hybridized carbons (Fsp3) is 0.310. The number of aromatic nitrogens is 3. The van der Waals surface area contributed by atoms with Crippen LogP contribution in [0.2, 0.25) is 0 Å². The Morgan fingerprint density at radius 3 is 2.41 bits per heavy atom. The Morgan fingerprint density at radius 2 is 1.78 bits per heavy atom. The van der Waals surface area contributed by atoms with Crippen molar-refractivity contribution < 1.29 is 54.6 Å². The molecule has 1 saturated heterocycles. The first kappa shape index (κ1) is 32.6. The first-order chi connectivity index (χ1) is 21.6. The molecule has 1 unspecified atom stereocenters. The third kappa shape index (κ3) is 6.45. The number of carbonyl (C=O) groups is 2. The van der Waals surface area contributed by atoms with Gasteiger partial charge in [0, 0.05) is 48.0 Å². The number of nitrogens with one attached hydrogen (secondary N) is 1. The van der Waals surface area contributed by atoms with Crippen LogP contribution in [0.1, 0.15) is 27.3 Å². The van der Waals surface area contributed by atoms with E-state index in [2.05, 4.69) is 9.97 Å². The third-order valence-electron chi connectivity index (χ3n) is 7.34. The van der Waals surface area contributed by atoms with E-state index in [9.17, 15) is 41.0 Å². The number of ether oxygens (including phenoxy) is 1. The van der Waals surface area contributed by atoms with Crippen LogP contribution in [0.3, 0.4) is 0 Å².